The molecule has 0 aromatic heterocycles. The van der Waals surface area contributed by atoms with Crippen molar-refractivity contribution < 1.29 is 24.6 Å². The van der Waals surface area contributed by atoms with E-state index in [9.17, 15) is 24.6 Å². The second-order valence-electron chi connectivity index (χ2n) is 8.34. The van der Waals surface area contributed by atoms with Gasteiger partial charge >= 0.3 is 0 Å². The van der Waals surface area contributed by atoms with Crippen LogP contribution in [0.5, 0.6) is 11.5 Å². The summed E-state index contributed by atoms with van der Waals surface area (Å²) in [5.74, 6) is -1.96. The molecule has 0 bridgehead atoms. The number of hydrogen-bond acceptors (Lipinski definition) is 6. The predicted octanol–water partition coefficient (Wildman–Crippen LogP) is 1.36. The number of phenols is 2. The lowest BCUT2D eigenvalue weighted by molar-refractivity contribution is -0.136. The largest absolute Gasteiger partial charge is 0.507 e. The van der Waals surface area contributed by atoms with E-state index in [4.69, 9.17) is 0 Å². The molecule has 0 spiro atoms. The van der Waals surface area contributed by atoms with Crippen molar-refractivity contribution in [3.8, 4) is 11.5 Å². The maximum absolute atomic E-state index is 13.0. The minimum Gasteiger partial charge on any atom is -0.507 e. The Labute approximate surface area is 173 Å². The molecular formula is C23H22N2O5. The summed E-state index contributed by atoms with van der Waals surface area (Å²) in [6.07, 6.45) is 0.493. The van der Waals surface area contributed by atoms with E-state index >= 15 is 0 Å². The number of carbonyl (C=O) groups is 3. The van der Waals surface area contributed by atoms with Crippen LogP contribution < -0.4 is 0 Å². The first-order valence-corrected chi connectivity index (χ1v) is 10.1. The first-order valence-electron chi connectivity index (χ1n) is 10.1. The van der Waals surface area contributed by atoms with Crippen LogP contribution in [0, 0.1) is 5.92 Å². The molecule has 3 aliphatic rings. The maximum Gasteiger partial charge on any atom is 0.226 e. The number of hydrogen-bond donors (Lipinski definition) is 2. The highest BCUT2D eigenvalue weighted by Gasteiger charge is 2.42. The highest BCUT2D eigenvalue weighted by atomic mass is 16.3. The standard InChI is InChI=1S/C23H22N2O5/c1-24-6-8-25(9-7-24)23(30)12-10-15-16(11-12)22(29)18-17(21(15)28)19(26)13-4-2-3-5-14(13)20(18)27/h2-5,12,28-29H,6-11H2,1H3. The van der Waals surface area contributed by atoms with Crippen LogP contribution in [-0.2, 0) is 17.6 Å². The molecule has 0 saturated carbocycles. The van der Waals surface area contributed by atoms with Crippen molar-refractivity contribution in [1.29, 1.82) is 0 Å². The molecule has 2 aromatic carbocycles. The molecule has 1 fully saturated rings. The fourth-order valence-corrected chi connectivity index (χ4v) is 4.88. The van der Waals surface area contributed by atoms with Gasteiger partial charge in [0.05, 0.1) is 11.1 Å². The molecule has 7 nitrogen and oxygen atoms in total. The summed E-state index contributed by atoms with van der Waals surface area (Å²) in [5.41, 5.74) is 0.934. The Hall–Kier alpha value is -3.19. The van der Waals surface area contributed by atoms with Gasteiger partial charge in [0.25, 0.3) is 0 Å². The third-order valence-electron chi connectivity index (χ3n) is 6.60. The maximum atomic E-state index is 13.0. The van der Waals surface area contributed by atoms with Crippen LogP contribution in [0.1, 0.15) is 43.0 Å². The fourth-order valence-electron chi connectivity index (χ4n) is 4.88. The number of aromatic hydroxyl groups is 2. The summed E-state index contributed by atoms with van der Waals surface area (Å²) < 4.78 is 0. The van der Waals surface area contributed by atoms with Crippen LogP contribution in [0.4, 0.5) is 0 Å². The lowest BCUT2D eigenvalue weighted by atomic mass is 9.81. The molecular weight excluding hydrogens is 384 g/mol. The third kappa shape index (κ3) is 2.58. The summed E-state index contributed by atoms with van der Waals surface area (Å²) in [6.45, 7) is 2.89. The van der Waals surface area contributed by atoms with Crippen molar-refractivity contribution in [3.05, 3.63) is 57.6 Å². The van der Waals surface area contributed by atoms with Gasteiger partial charge in [0.2, 0.25) is 5.91 Å². The van der Waals surface area contributed by atoms with Gasteiger partial charge in [0, 0.05) is 54.4 Å². The van der Waals surface area contributed by atoms with Crippen molar-refractivity contribution in [2.45, 2.75) is 12.8 Å². The molecule has 1 amide bonds. The topological polar surface area (TPSA) is 98.2 Å². The molecule has 1 heterocycles. The van der Waals surface area contributed by atoms with Gasteiger partial charge in [-0.3, -0.25) is 14.4 Å². The second kappa shape index (κ2) is 6.67. The molecule has 1 saturated heterocycles. The van der Waals surface area contributed by atoms with Crippen molar-refractivity contribution in [1.82, 2.24) is 9.80 Å². The second-order valence-corrected chi connectivity index (χ2v) is 8.34. The number of nitrogens with zero attached hydrogens (tertiary/aromatic N) is 2. The Morgan fingerprint density at radius 1 is 0.867 bits per heavy atom. The molecule has 2 N–H and O–H groups in total. The average Bonchev–Trinajstić information content (AvgIpc) is 3.21. The molecule has 0 unspecified atom stereocenters. The number of benzene rings is 2. The van der Waals surface area contributed by atoms with Gasteiger partial charge in [-0.25, -0.2) is 0 Å². The van der Waals surface area contributed by atoms with Gasteiger partial charge in [-0.05, 0) is 19.9 Å². The molecule has 1 aliphatic heterocycles. The summed E-state index contributed by atoms with van der Waals surface area (Å²) in [4.78, 5) is 43.0. The highest BCUT2D eigenvalue weighted by molar-refractivity contribution is 6.30. The van der Waals surface area contributed by atoms with E-state index in [0.717, 1.165) is 13.1 Å². The third-order valence-corrected chi connectivity index (χ3v) is 6.60. The lowest BCUT2D eigenvalue weighted by Crippen LogP contribution is -2.49. The number of ketones is 2. The summed E-state index contributed by atoms with van der Waals surface area (Å²) in [7, 11) is 2.01. The number of piperazine rings is 1. The minimum atomic E-state index is -0.482. The van der Waals surface area contributed by atoms with Gasteiger partial charge in [0.15, 0.2) is 11.6 Å². The van der Waals surface area contributed by atoms with Crippen molar-refractivity contribution in [2.75, 3.05) is 33.2 Å². The van der Waals surface area contributed by atoms with E-state index in [0.29, 0.717) is 24.2 Å². The molecule has 0 atom stereocenters. The van der Waals surface area contributed by atoms with Crippen LogP contribution >= 0.6 is 0 Å². The number of phenolic OH excluding ortho intramolecular Hbond substituents is 2. The van der Waals surface area contributed by atoms with Crippen LogP contribution in [0.3, 0.4) is 0 Å². The molecule has 2 aromatic rings. The monoisotopic (exact) mass is 406 g/mol. The Morgan fingerprint density at radius 2 is 1.33 bits per heavy atom. The van der Waals surface area contributed by atoms with Crippen molar-refractivity contribution in [2.24, 2.45) is 5.92 Å². The van der Waals surface area contributed by atoms with Crippen molar-refractivity contribution in [3.63, 3.8) is 0 Å². The van der Waals surface area contributed by atoms with E-state index < -0.39 is 17.5 Å². The van der Waals surface area contributed by atoms with Crippen LogP contribution in [-0.4, -0.2) is 70.7 Å². The molecule has 7 heteroatoms. The smallest absolute Gasteiger partial charge is 0.226 e. The zero-order chi connectivity index (χ0) is 21.2. The first kappa shape index (κ1) is 18.8. The Bertz CT molecular complexity index is 1050. The summed E-state index contributed by atoms with van der Waals surface area (Å²) in [5, 5.41) is 21.8. The normalized spacial score (nSPS) is 18.9. The van der Waals surface area contributed by atoms with E-state index in [1.54, 1.807) is 24.3 Å². The van der Waals surface area contributed by atoms with Crippen LogP contribution in [0.25, 0.3) is 0 Å². The van der Waals surface area contributed by atoms with E-state index in [1.807, 2.05) is 11.9 Å². The summed E-state index contributed by atoms with van der Waals surface area (Å²) >= 11 is 0. The van der Waals surface area contributed by atoms with Gasteiger partial charge in [-0.2, -0.15) is 0 Å². The number of likely N-dealkylation sites (N-methyl/N-ethyl adjacent to an activating group) is 1. The average molecular weight is 406 g/mol. The number of fused-ring (bicyclic) bond motifs is 3. The van der Waals surface area contributed by atoms with Crippen LogP contribution in [0.2, 0.25) is 0 Å². The quantitative estimate of drug-likeness (QED) is 0.593. The highest BCUT2D eigenvalue weighted by Crippen LogP contribution is 2.47. The van der Waals surface area contributed by atoms with E-state index in [1.165, 1.54) is 0 Å². The van der Waals surface area contributed by atoms with Crippen LogP contribution in [0.15, 0.2) is 24.3 Å². The van der Waals surface area contributed by atoms with E-state index in [2.05, 4.69) is 4.90 Å². The SMILES string of the molecule is CN1CCN(C(=O)C2Cc3c(O)c4c(c(O)c3C2)C(=O)c2ccccc2C4=O)CC1. The number of carbonyl (C=O) groups excluding carboxylic acids is 3. The zero-order valence-electron chi connectivity index (χ0n) is 16.6. The molecule has 154 valence electrons. The minimum absolute atomic E-state index is 0.0167. The molecule has 0 radical (unpaired) electrons. The number of amides is 1. The lowest BCUT2D eigenvalue weighted by Gasteiger charge is -2.34. The Kier molecular flexibility index (Phi) is 4.18. The summed E-state index contributed by atoms with van der Waals surface area (Å²) in [6, 6.07) is 6.40. The van der Waals surface area contributed by atoms with Crippen molar-refractivity contribution >= 4 is 17.5 Å². The molecule has 5 rings (SSSR count). The Balaban J connectivity index is 1.54. The van der Waals surface area contributed by atoms with E-state index in [-0.39, 0.29) is 52.5 Å². The van der Waals surface area contributed by atoms with Gasteiger partial charge in [0.1, 0.15) is 11.5 Å². The molecule has 2 aliphatic carbocycles. The molecule has 30 heavy (non-hydrogen) atoms. The first-order chi connectivity index (χ1) is 14.4. The predicted molar refractivity (Wildman–Crippen MR) is 108 cm³/mol. The fraction of sp³-hybridized carbons (Fsp3) is 0.348. The van der Waals surface area contributed by atoms with Gasteiger partial charge < -0.3 is 20.0 Å². The zero-order valence-corrected chi connectivity index (χ0v) is 16.6. The number of rotatable bonds is 1. The van der Waals surface area contributed by atoms with Gasteiger partial charge in [-0.1, -0.05) is 24.3 Å². The van der Waals surface area contributed by atoms with Gasteiger partial charge in [-0.15, -0.1) is 0 Å². The Morgan fingerprint density at radius 3 is 1.80 bits per heavy atom.